The summed E-state index contributed by atoms with van der Waals surface area (Å²) in [4.78, 5) is 16.8. The predicted octanol–water partition coefficient (Wildman–Crippen LogP) is 2.74. The Hall–Kier alpha value is -1.59. The number of methoxy groups -OCH3 is 1. The Morgan fingerprint density at radius 2 is 2.00 bits per heavy atom. The van der Waals surface area contributed by atoms with Gasteiger partial charge in [-0.15, -0.1) is 0 Å². The summed E-state index contributed by atoms with van der Waals surface area (Å²) in [7, 11) is 1.73. The molecule has 23 heavy (non-hydrogen) atoms. The normalized spacial score (nSPS) is 15.7. The van der Waals surface area contributed by atoms with Crippen LogP contribution in [0.25, 0.3) is 0 Å². The topological polar surface area (TPSA) is 44.8 Å². The molecule has 0 spiro atoms. The molecule has 2 amide bonds. The molecule has 1 aromatic carbocycles. The van der Waals surface area contributed by atoms with Crippen LogP contribution in [0.15, 0.2) is 18.2 Å². The standard InChI is InChI=1S/C18H29N3O2/c1-4-16-8-5-7-15(2)17(16)19-18(22)21-12-10-20(11-13-21)9-6-14-23-3/h5,7-8H,4,6,9-14H2,1-3H3,(H,19,22). The number of amides is 2. The summed E-state index contributed by atoms with van der Waals surface area (Å²) in [5.41, 5.74) is 3.29. The van der Waals surface area contributed by atoms with E-state index in [1.54, 1.807) is 7.11 Å². The summed E-state index contributed by atoms with van der Waals surface area (Å²) < 4.78 is 5.09. The number of hydrogen-bond acceptors (Lipinski definition) is 3. The van der Waals surface area contributed by atoms with Gasteiger partial charge in [0.05, 0.1) is 0 Å². The smallest absolute Gasteiger partial charge is 0.321 e. The highest BCUT2D eigenvalue weighted by molar-refractivity contribution is 5.91. The van der Waals surface area contributed by atoms with Crippen molar-refractivity contribution in [2.24, 2.45) is 0 Å². The van der Waals surface area contributed by atoms with Crippen molar-refractivity contribution in [1.29, 1.82) is 0 Å². The van der Waals surface area contributed by atoms with Crippen LogP contribution in [0.3, 0.4) is 0 Å². The van der Waals surface area contributed by atoms with Gasteiger partial charge in [-0.25, -0.2) is 4.79 Å². The van der Waals surface area contributed by atoms with Crippen LogP contribution in [0, 0.1) is 6.92 Å². The second-order valence-electron chi connectivity index (χ2n) is 6.07. The van der Waals surface area contributed by atoms with Gasteiger partial charge in [0.2, 0.25) is 0 Å². The molecule has 128 valence electrons. The minimum absolute atomic E-state index is 0.0190. The van der Waals surface area contributed by atoms with Gasteiger partial charge in [-0.1, -0.05) is 25.1 Å². The number of anilines is 1. The number of carbonyl (C=O) groups is 1. The molecular weight excluding hydrogens is 290 g/mol. The predicted molar refractivity (Wildman–Crippen MR) is 94.1 cm³/mol. The average Bonchev–Trinajstić information content (AvgIpc) is 2.57. The molecule has 1 heterocycles. The molecule has 0 atom stereocenters. The van der Waals surface area contributed by atoms with Crippen molar-refractivity contribution >= 4 is 11.7 Å². The van der Waals surface area contributed by atoms with E-state index in [2.05, 4.69) is 23.2 Å². The van der Waals surface area contributed by atoms with Crippen molar-refractivity contribution in [3.8, 4) is 0 Å². The van der Waals surface area contributed by atoms with Crippen LogP contribution in [0.5, 0.6) is 0 Å². The molecular formula is C18H29N3O2. The highest BCUT2D eigenvalue weighted by atomic mass is 16.5. The number of rotatable bonds is 6. The first-order chi connectivity index (χ1) is 11.2. The summed E-state index contributed by atoms with van der Waals surface area (Å²) in [6.07, 6.45) is 1.97. The number of piperazine rings is 1. The quantitative estimate of drug-likeness (QED) is 0.820. The van der Waals surface area contributed by atoms with Crippen LogP contribution in [-0.2, 0) is 11.2 Å². The Bertz CT molecular complexity index is 511. The molecule has 0 radical (unpaired) electrons. The molecule has 5 nitrogen and oxygen atoms in total. The van der Waals surface area contributed by atoms with Crippen LogP contribution in [0.4, 0.5) is 10.5 Å². The lowest BCUT2D eigenvalue weighted by Gasteiger charge is -2.34. The summed E-state index contributed by atoms with van der Waals surface area (Å²) in [6, 6.07) is 6.19. The van der Waals surface area contributed by atoms with Crippen LogP contribution < -0.4 is 5.32 Å². The van der Waals surface area contributed by atoms with Gasteiger partial charge in [-0.2, -0.15) is 0 Å². The lowest BCUT2D eigenvalue weighted by atomic mass is 10.1. The zero-order valence-corrected chi connectivity index (χ0v) is 14.6. The summed E-state index contributed by atoms with van der Waals surface area (Å²) in [5, 5.41) is 3.12. The molecule has 0 bridgehead atoms. The molecule has 1 aromatic rings. The second-order valence-corrected chi connectivity index (χ2v) is 6.07. The van der Waals surface area contributed by atoms with E-state index >= 15 is 0 Å². The fraction of sp³-hybridized carbons (Fsp3) is 0.611. The highest BCUT2D eigenvalue weighted by Gasteiger charge is 2.21. The molecule has 0 unspecified atom stereocenters. The number of ether oxygens (including phenoxy) is 1. The zero-order chi connectivity index (χ0) is 16.7. The third kappa shape index (κ3) is 4.94. The number of carbonyl (C=O) groups excluding carboxylic acids is 1. The van der Waals surface area contributed by atoms with E-state index < -0.39 is 0 Å². The molecule has 1 aliphatic rings. The minimum Gasteiger partial charge on any atom is -0.385 e. The Labute approximate surface area is 139 Å². The number of para-hydroxylation sites is 1. The number of benzene rings is 1. The van der Waals surface area contributed by atoms with Crippen molar-refractivity contribution in [1.82, 2.24) is 9.80 Å². The summed E-state index contributed by atoms with van der Waals surface area (Å²) in [6.45, 7) is 9.44. The number of urea groups is 1. The Morgan fingerprint density at radius 1 is 1.26 bits per heavy atom. The van der Waals surface area contributed by atoms with E-state index in [-0.39, 0.29) is 6.03 Å². The number of aryl methyl sites for hydroxylation is 2. The Morgan fingerprint density at radius 3 is 2.65 bits per heavy atom. The first-order valence-corrected chi connectivity index (χ1v) is 8.51. The number of hydrogen-bond donors (Lipinski definition) is 1. The molecule has 1 fully saturated rings. The highest BCUT2D eigenvalue weighted by Crippen LogP contribution is 2.21. The maximum absolute atomic E-state index is 12.5. The van der Waals surface area contributed by atoms with Gasteiger partial charge >= 0.3 is 6.03 Å². The fourth-order valence-electron chi connectivity index (χ4n) is 3.00. The van der Waals surface area contributed by atoms with E-state index in [0.29, 0.717) is 0 Å². The third-order valence-corrected chi connectivity index (χ3v) is 4.45. The maximum atomic E-state index is 12.5. The fourth-order valence-corrected chi connectivity index (χ4v) is 3.00. The molecule has 1 saturated heterocycles. The van der Waals surface area contributed by atoms with E-state index in [1.165, 1.54) is 5.56 Å². The SMILES string of the molecule is CCc1cccc(C)c1NC(=O)N1CCN(CCCOC)CC1. The average molecular weight is 319 g/mol. The zero-order valence-electron chi connectivity index (χ0n) is 14.6. The molecule has 0 aromatic heterocycles. The van der Waals surface area contributed by atoms with Crippen LogP contribution in [-0.4, -0.2) is 62.3 Å². The van der Waals surface area contributed by atoms with Gasteiger partial charge in [0.15, 0.2) is 0 Å². The van der Waals surface area contributed by atoms with Gasteiger partial charge in [0.25, 0.3) is 0 Å². The van der Waals surface area contributed by atoms with Gasteiger partial charge in [-0.3, -0.25) is 4.90 Å². The number of nitrogens with zero attached hydrogens (tertiary/aromatic N) is 2. The summed E-state index contributed by atoms with van der Waals surface area (Å²) >= 11 is 0. The molecule has 5 heteroatoms. The van der Waals surface area contributed by atoms with Crippen LogP contribution in [0.1, 0.15) is 24.5 Å². The molecule has 1 N–H and O–H groups in total. The number of nitrogens with one attached hydrogen (secondary N) is 1. The lowest BCUT2D eigenvalue weighted by molar-refractivity contribution is 0.130. The molecule has 1 aliphatic heterocycles. The maximum Gasteiger partial charge on any atom is 0.321 e. The Balaban J connectivity index is 1.86. The van der Waals surface area contributed by atoms with Gasteiger partial charge in [0, 0.05) is 52.1 Å². The first-order valence-electron chi connectivity index (χ1n) is 8.51. The second kappa shape index (κ2) is 8.89. The van der Waals surface area contributed by atoms with Gasteiger partial charge in [-0.05, 0) is 30.9 Å². The lowest BCUT2D eigenvalue weighted by Crippen LogP contribution is -2.50. The van der Waals surface area contributed by atoms with E-state index in [1.807, 2.05) is 24.0 Å². The van der Waals surface area contributed by atoms with Gasteiger partial charge < -0.3 is 15.0 Å². The van der Waals surface area contributed by atoms with Crippen molar-refractivity contribution in [3.63, 3.8) is 0 Å². The van der Waals surface area contributed by atoms with E-state index in [0.717, 1.165) is 63.4 Å². The third-order valence-electron chi connectivity index (χ3n) is 4.45. The molecule has 2 rings (SSSR count). The molecule has 0 aliphatic carbocycles. The molecule has 0 saturated carbocycles. The van der Waals surface area contributed by atoms with Crippen molar-refractivity contribution in [2.45, 2.75) is 26.7 Å². The largest absolute Gasteiger partial charge is 0.385 e. The van der Waals surface area contributed by atoms with Crippen molar-refractivity contribution in [3.05, 3.63) is 29.3 Å². The van der Waals surface area contributed by atoms with Crippen LogP contribution in [0.2, 0.25) is 0 Å². The van der Waals surface area contributed by atoms with Crippen molar-refractivity contribution < 1.29 is 9.53 Å². The monoisotopic (exact) mass is 319 g/mol. The first kappa shape index (κ1) is 17.8. The summed E-state index contributed by atoms with van der Waals surface area (Å²) in [5.74, 6) is 0. The Kier molecular flexibility index (Phi) is 6.86. The van der Waals surface area contributed by atoms with Crippen molar-refractivity contribution in [2.75, 3.05) is 51.8 Å². The minimum atomic E-state index is 0.0190. The van der Waals surface area contributed by atoms with Gasteiger partial charge in [0.1, 0.15) is 0 Å². The van der Waals surface area contributed by atoms with E-state index in [4.69, 9.17) is 4.74 Å². The van der Waals surface area contributed by atoms with E-state index in [9.17, 15) is 4.79 Å². The van der Waals surface area contributed by atoms with Crippen LogP contribution >= 0.6 is 0 Å².